The normalized spacial score (nSPS) is 21.8. The molecule has 0 spiro atoms. The molecule has 1 fully saturated rings. The second-order valence-electron chi connectivity index (χ2n) is 6.28. The third kappa shape index (κ3) is 5.05. The summed E-state index contributed by atoms with van der Waals surface area (Å²) in [5.41, 5.74) is 0.763. The fourth-order valence-electron chi connectivity index (χ4n) is 3.10. The first-order valence-electron chi connectivity index (χ1n) is 8.53. The van der Waals surface area contributed by atoms with Crippen molar-refractivity contribution in [2.24, 2.45) is 10.9 Å². The third-order valence-corrected chi connectivity index (χ3v) is 4.33. The van der Waals surface area contributed by atoms with E-state index in [-0.39, 0.29) is 5.75 Å². The molecule has 2 unspecified atom stereocenters. The minimum Gasteiger partial charge on any atom is -0.504 e. The molecular formula is C18H29N3O2. The zero-order chi connectivity index (χ0) is 16.7. The molecule has 5 nitrogen and oxygen atoms in total. The first-order chi connectivity index (χ1) is 11.1. The number of nitrogens with zero attached hydrogens (tertiary/aromatic N) is 1. The number of hydrogen-bond donors (Lipinski definition) is 3. The third-order valence-electron chi connectivity index (χ3n) is 4.33. The number of ether oxygens (including phenoxy) is 1. The molecule has 2 atom stereocenters. The van der Waals surface area contributed by atoms with Crippen molar-refractivity contribution < 1.29 is 9.84 Å². The maximum absolute atomic E-state index is 10.2. The molecule has 128 valence electrons. The van der Waals surface area contributed by atoms with Gasteiger partial charge in [0.1, 0.15) is 0 Å². The van der Waals surface area contributed by atoms with Crippen molar-refractivity contribution in [3.05, 3.63) is 23.8 Å². The summed E-state index contributed by atoms with van der Waals surface area (Å²) in [5, 5.41) is 17.0. The van der Waals surface area contributed by atoms with Crippen LogP contribution in [0.5, 0.6) is 11.5 Å². The Kier molecular flexibility index (Phi) is 6.56. The van der Waals surface area contributed by atoms with E-state index in [0.717, 1.165) is 24.0 Å². The highest BCUT2D eigenvalue weighted by atomic mass is 16.5. The predicted octanol–water partition coefficient (Wildman–Crippen LogP) is 3.03. The molecule has 1 aromatic rings. The Labute approximate surface area is 139 Å². The zero-order valence-electron chi connectivity index (χ0n) is 14.4. The maximum Gasteiger partial charge on any atom is 0.191 e. The van der Waals surface area contributed by atoms with Crippen LogP contribution in [0.1, 0.15) is 45.1 Å². The molecule has 23 heavy (non-hydrogen) atoms. The van der Waals surface area contributed by atoms with Crippen LogP contribution in [0.3, 0.4) is 0 Å². The first-order valence-corrected chi connectivity index (χ1v) is 8.53. The van der Waals surface area contributed by atoms with E-state index >= 15 is 0 Å². The lowest BCUT2D eigenvalue weighted by Gasteiger charge is -2.28. The van der Waals surface area contributed by atoms with Crippen LogP contribution in [0.15, 0.2) is 23.2 Å². The van der Waals surface area contributed by atoms with Crippen molar-refractivity contribution in [2.75, 3.05) is 13.7 Å². The fraction of sp³-hybridized carbons (Fsp3) is 0.611. The van der Waals surface area contributed by atoms with E-state index in [4.69, 9.17) is 4.74 Å². The standard InChI is InChI=1S/C18H29N3O2/c1-4-19-18(21-15-9-5-7-13(2)11-15)20-12-14-8-6-10-16(23-3)17(14)22/h6,8,10,13,15,22H,4-5,7,9,11-12H2,1-3H3,(H2,19,20,21). The highest BCUT2D eigenvalue weighted by Crippen LogP contribution is 2.29. The Morgan fingerprint density at radius 1 is 1.39 bits per heavy atom. The van der Waals surface area contributed by atoms with Crippen molar-refractivity contribution in [1.29, 1.82) is 0 Å². The molecule has 0 aromatic heterocycles. The average Bonchev–Trinajstić information content (AvgIpc) is 2.54. The summed E-state index contributed by atoms with van der Waals surface area (Å²) in [6.45, 7) is 5.61. The number of aliphatic imine (C=N–C) groups is 1. The Hall–Kier alpha value is -1.91. The summed E-state index contributed by atoms with van der Waals surface area (Å²) >= 11 is 0. The number of aromatic hydroxyl groups is 1. The van der Waals surface area contributed by atoms with Crippen LogP contribution in [0.2, 0.25) is 0 Å². The van der Waals surface area contributed by atoms with Gasteiger partial charge in [0, 0.05) is 18.2 Å². The Bertz CT molecular complexity index is 531. The fourth-order valence-corrected chi connectivity index (χ4v) is 3.10. The Balaban J connectivity index is 2.03. The van der Waals surface area contributed by atoms with Gasteiger partial charge in [-0.25, -0.2) is 4.99 Å². The van der Waals surface area contributed by atoms with E-state index in [9.17, 15) is 5.11 Å². The predicted molar refractivity (Wildman–Crippen MR) is 94.0 cm³/mol. The lowest BCUT2D eigenvalue weighted by atomic mass is 9.87. The maximum atomic E-state index is 10.2. The summed E-state index contributed by atoms with van der Waals surface area (Å²) in [5.74, 6) is 2.23. The highest BCUT2D eigenvalue weighted by molar-refractivity contribution is 5.80. The van der Waals surface area contributed by atoms with Crippen LogP contribution in [-0.2, 0) is 6.54 Å². The molecule has 3 N–H and O–H groups in total. The molecule has 1 aliphatic carbocycles. The monoisotopic (exact) mass is 319 g/mol. The first kappa shape index (κ1) is 17.4. The van der Waals surface area contributed by atoms with Gasteiger partial charge in [0.2, 0.25) is 0 Å². The molecule has 2 rings (SSSR count). The zero-order valence-corrected chi connectivity index (χ0v) is 14.4. The molecule has 0 radical (unpaired) electrons. The molecule has 0 saturated heterocycles. The van der Waals surface area contributed by atoms with Crippen LogP contribution < -0.4 is 15.4 Å². The van der Waals surface area contributed by atoms with Gasteiger partial charge in [0.25, 0.3) is 0 Å². The summed E-state index contributed by atoms with van der Waals surface area (Å²) in [6.07, 6.45) is 4.98. The van der Waals surface area contributed by atoms with Gasteiger partial charge in [0.15, 0.2) is 17.5 Å². The van der Waals surface area contributed by atoms with Gasteiger partial charge in [0.05, 0.1) is 13.7 Å². The summed E-state index contributed by atoms with van der Waals surface area (Å²) in [6, 6.07) is 5.96. The molecule has 0 aliphatic heterocycles. The van der Waals surface area contributed by atoms with Gasteiger partial charge < -0.3 is 20.5 Å². The summed E-state index contributed by atoms with van der Waals surface area (Å²) < 4.78 is 5.14. The smallest absolute Gasteiger partial charge is 0.191 e. The SMILES string of the molecule is CCNC(=NCc1cccc(OC)c1O)NC1CCCC(C)C1. The molecule has 1 aromatic carbocycles. The largest absolute Gasteiger partial charge is 0.504 e. The number of rotatable bonds is 5. The number of methoxy groups -OCH3 is 1. The number of benzene rings is 1. The summed E-state index contributed by atoms with van der Waals surface area (Å²) in [7, 11) is 1.55. The van der Waals surface area contributed by atoms with Gasteiger partial charge in [-0.3, -0.25) is 0 Å². The number of nitrogens with one attached hydrogen (secondary N) is 2. The second kappa shape index (κ2) is 8.65. The van der Waals surface area contributed by atoms with Crippen LogP contribution in [0.25, 0.3) is 0 Å². The Morgan fingerprint density at radius 3 is 2.91 bits per heavy atom. The topological polar surface area (TPSA) is 65.9 Å². The lowest BCUT2D eigenvalue weighted by Crippen LogP contribution is -2.45. The Morgan fingerprint density at radius 2 is 2.22 bits per heavy atom. The number of phenols is 1. The van der Waals surface area contributed by atoms with Gasteiger partial charge in [-0.05, 0) is 31.7 Å². The molecule has 0 bridgehead atoms. The highest BCUT2D eigenvalue weighted by Gasteiger charge is 2.19. The van der Waals surface area contributed by atoms with Gasteiger partial charge in [-0.1, -0.05) is 31.9 Å². The molecule has 5 heteroatoms. The van der Waals surface area contributed by atoms with Crippen molar-refractivity contribution in [1.82, 2.24) is 10.6 Å². The molecule has 1 saturated carbocycles. The van der Waals surface area contributed by atoms with Crippen molar-refractivity contribution in [2.45, 2.75) is 52.1 Å². The van der Waals surface area contributed by atoms with Gasteiger partial charge in [-0.2, -0.15) is 0 Å². The van der Waals surface area contributed by atoms with E-state index < -0.39 is 0 Å². The molecule has 1 aliphatic rings. The van der Waals surface area contributed by atoms with Gasteiger partial charge >= 0.3 is 0 Å². The van der Waals surface area contributed by atoms with Gasteiger partial charge in [-0.15, -0.1) is 0 Å². The minimum absolute atomic E-state index is 0.167. The number of para-hydroxylation sites is 1. The van der Waals surface area contributed by atoms with E-state index in [1.54, 1.807) is 13.2 Å². The minimum atomic E-state index is 0.167. The molecular weight excluding hydrogens is 290 g/mol. The molecule has 0 amide bonds. The van der Waals surface area contributed by atoms with Crippen LogP contribution in [0, 0.1) is 5.92 Å². The summed E-state index contributed by atoms with van der Waals surface area (Å²) in [4.78, 5) is 4.62. The van der Waals surface area contributed by atoms with Crippen LogP contribution in [0.4, 0.5) is 0 Å². The van der Waals surface area contributed by atoms with E-state index in [1.807, 2.05) is 12.1 Å². The average molecular weight is 319 g/mol. The van der Waals surface area contributed by atoms with Crippen molar-refractivity contribution in [3.63, 3.8) is 0 Å². The van der Waals surface area contributed by atoms with Crippen molar-refractivity contribution >= 4 is 5.96 Å². The molecule has 0 heterocycles. The van der Waals surface area contributed by atoms with Crippen LogP contribution >= 0.6 is 0 Å². The number of phenolic OH excluding ortho intramolecular Hbond substituents is 1. The van der Waals surface area contributed by atoms with Crippen molar-refractivity contribution in [3.8, 4) is 11.5 Å². The number of guanidine groups is 1. The van der Waals surface area contributed by atoms with E-state index in [0.29, 0.717) is 18.3 Å². The van der Waals surface area contributed by atoms with Crippen LogP contribution in [-0.4, -0.2) is 30.8 Å². The van der Waals surface area contributed by atoms with E-state index in [1.165, 1.54) is 25.7 Å². The lowest BCUT2D eigenvalue weighted by molar-refractivity contribution is 0.324. The quantitative estimate of drug-likeness (QED) is 0.576. The number of hydrogen-bond acceptors (Lipinski definition) is 3. The van der Waals surface area contributed by atoms with E-state index in [2.05, 4.69) is 29.5 Å². The second-order valence-corrected chi connectivity index (χ2v) is 6.28.